The van der Waals surface area contributed by atoms with E-state index in [1.807, 2.05) is 12.1 Å². The van der Waals surface area contributed by atoms with Crippen molar-refractivity contribution in [3.63, 3.8) is 0 Å². The number of fused-ring (bicyclic) bond motifs is 6. The zero-order valence-corrected chi connectivity index (χ0v) is 24.4. The van der Waals surface area contributed by atoms with E-state index >= 15 is 0 Å². The van der Waals surface area contributed by atoms with Gasteiger partial charge in [0.05, 0.1) is 28.0 Å². The molecule has 0 radical (unpaired) electrons. The molecule has 2 heterocycles. The first-order valence-electron chi connectivity index (χ1n) is 15.3. The lowest BCUT2D eigenvalue weighted by Gasteiger charge is -2.30. The molecule has 212 valence electrons. The third-order valence-corrected chi connectivity index (χ3v) is 8.83. The van der Waals surface area contributed by atoms with Crippen LogP contribution >= 0.6 is 0 Å². The molecule has 0 aliphatic carbocycles. The van der Waals surface area contributed by atoms with Crippen molar-refractivity contribution in [2.45, 2.75) is 0 Å². The molecule has 2 aromatic heterocycles. The Balaban J connectivity index is 1.38. The van der Waals surface area contributed by atoms with Crippen LogP contribution < -0.4 is 4.90 Å². The van der Waals surface area contributed by atoms with E-state index in [1.165, 1.54) is 10.8 Å². The summed E-state index contributed by atoms with van der Waals surface area (Å²) in [6.45, 7) is 0. The highest BCUT2D eigenvalue weighted by molar-refractivity contribution is 6.16. The quantitative estimate of drug-likeness (QED) is 0.221. The number of nitrogens with zero attached hydrogens (tertiary/aromatic N) is 1. The summed E-state index contributed by atoms with van der Waals surface area (Å²) >= 11 is 0. The average molecular weight is 577 g/mol. The van der Waals surface area contributed by atoms with Gasteiger partial charge >= 0.3 is 0 Å². The summed E-state index contributed by atoms with van der Waals surface area (Å²) in [5.74, 6) is 0. The van der Waals surface area contributed by atoms with Crippen LogP contribution in [0, 0.1) is 0 Å². The van der Waals surface area contributed by atoms with Crippen molar-refractivity contribution >= 4 is 60.8 Å². The van der Waals surface area contributed by atoms with Crippen molar-refractivity contribution in [2.75, 3.05) is 4.90 Å². The van der Waals surface area contributed by atoms with E-state index in [2.05, 4.69) is 162 Å². The molecule has 0 aliphatic rings. The maximum Gasteiger partial charge on any atom is 0.137 e. The summed E-state index contributed by atoms with van der Waals surface area (Å²) in [7, 11) is 0. The number of aromatic nitrogens is 1. The third-order valence-electron chi connectivity index (χ3n) is 8.83. The molecule has 9 aromatic rings. The van der Waals surface area contributed by atoms with Crippen molar-refractivity contribution in [1.29, 1.82) is 0 Å². The first-order chi connectivity index (χ1) is 22.3. The molecular weight excluding hydrogens is 548 g/mol. The number of nitrogens with one attached hydrogen (secondary N) is 1. The largest absolute Gasteiger partial charge is 0.456 e. The highest BCUT2D eigenvalue weighted by atomic mass is 16.3. The Labute approximate surface area is 260 Å². The zero-order valence-electron chi connectivity index (χ0n) is 24.4. The van der Waals surface area contributed by atoms with E-state index in [0.717, 1.165) is 72.3 Å². The van der Waals surface area contributed by atoms with Gasteiger partial charge < -0.3 is 14.3 Å². The lowest BCUT2D eigenvalue weighted by Crippen LogP contribution is -2.13. The highest BCUT2D eigenvalue weighted by Gasteiger charge is 2.24. The number of rotatable bonds is 5. The zero-order chi connectivity index (χ0) is 29.7. The van der Waals surface area contributed by atoms with Crippen molar-refractivity contribution in [3.05, 3.63) is 164 Å². The van der Waals surface area contributed by atoms with Crippen molar-refractivity contribution in [2.24, 2.45) is 0 Å². The predicted molar refractivity (Wildman–Crippen MR) is 189 cm³/mol. The van der Waals surface area contributed by atoms with E-state index < -0.39 is 0 Å². The van der Waals surface area contributed by atoms with Gasteiger partial charge in [-0.2, -0.15) is 0 Å². The Morgan fingerprint density at radius 1 is 0.400 bits per heavy atom. The van der Waals surface area contributed by atoms with Crippen LogP contribution in [0.25, 0.3) is 66.0 Å². The van der Waals surface area contributed by atoms with Crippen LogP contribution in [0.3, 0.4) is 0 Å². The van der Waals surface area contributed by atoms with Gasteiger partial charge in [-0.1, -0.05) is 127 Å². The predicted octanol–water partition coefficient (Wildman–Crippen LogP) is 12.0. The summed E-state index contributed by atoms with van der Waals surface area (Å²) in [6.07, 6.45) is 0. The minimum Gasteiger partial charge on any atom is -0.456 e. The Hall–Kier alpha value is -6.06. The van der Waals surface area contributed by atoms with Gasteiger partial charge in [-0.15, -0.1) is 0 Å². The van der Waals surface area contributed by atoms with Crippen LogP contribution in [0.1, 0.15) is 0 Å². The summed E-state index contributed by atoms with van der Waals surface area (Å²) in [4.78, 5) is 6.16. The number of hydrogen-bond acceptors (Lipinski definition) is 2. The Kier molecular flexibility index (Phi) is 5.82. The first-order valence-corrected chi connectivity index (χ1v) is 15.3. The molecule has 45 heavy (non-hydrogen) atoms. The van der Waals surface area contributed by atoms with Crippen LogP contribution in [-0.2, 0) is 0 Å². The normalized spacial score (nSPS) is 11.6. The van der Waals surface area contributed by atoms with Gasteiger partial charge in [0.15, 0.2) is 0 Å². The Bertz CT molecular complexity index is 2500. The third kappa shape index (κ3) is 4.05. The van der Waals surface area contributed by atoms with E-state index in [1.54, 1.807) is 0 Å². The lowest BCUT2D eigenvalue weighted by molar-refractivity contribution is 0.669. The minimum atomic E-state index is 0.867. The molecule has 0 atom stereocenters. The fourth-order valence-corrected chi connectivity index (χ4v) is 6.86. The van der Waals surface area contributed by atoms with Gasteiger partial charge in [0.2, 0.25) is 0 Å². The van der Waals surface area contributed by atoms with Crippen LogP contribution in [-0.4, -0.2) is 4.98 Å². The summed E-state index contributed by atoms with van der Waals surface area (Å²) in [6, 6.07) is 57.9. The first kappa shape index (κ1) is 25.4. The Morgan fingerprint density at radius 3 is 1.84 bits per heavy atom. The maximum atomic E-state index is 6.40. The molecule has 0 saturated carbocycles. The second kappa shape index (κ2) is 10.3. The molecule has 0 saturated heterocycles. The molecule has 3 heteroatoms. The summed E-state index contributed by atoms with van der Waals surface area (Å²) in [5, 5.41) is 4.64. The van der Waals surface area contributed by atoms with Crippen molar-refractivity contribution < 1.29 is 4.42 Å². The number of benzene rings is 7. The van der Waals surface area contributed by atoms with Crippen LogP contribution in [0.2, 0.25) is 0 Å². The molecule has 7 aromatic carbocycles. The van der Waals surface area contributed by atoms with Gasteiger partial charge in [0, 0.05) is 38.4 Å². The number of para-hydroxylation sites is 5. The smallest absolute Gasteiger partial charge is 0.137 e. The van der Waals surface area contributed by atoms with Crippen molar-refractivity contribution in [1.82, 2.24) is 4.98 Å². The second-order valence-electron chi connectivity index (χ2n) is 11.4. The summed E-state index contributed by atoms with van der Waals surface area (Å²) in [5.41, 5.74) is 11.9. The fraction of sp³-hybridized carbons (Fsp3) is 0. The molecule has 0 fully saturated rings. The van der Waals surface area contributed by atoms with Crippen LogP contribution in [0.15, 0.2) is 168 Å². The van der Waals surface area contributed by atoms with Gasteiger partial charge in [-0.25, -0.2) is 0 Å². The van der Waals surface area contributed by atoms with E-state index in [4.69, 9.17) is 4.42 Å². The SMILES string of the molecule is c1ccc(-c2ccccc2N(c2ccccc2-c2cccc3c2[nH]c2ccccc23)c2cccc3oc4ccccc4c23)cc1. The molecular formula is C42H28N2O. The molecule has 0 bridgehead atoms. The minimum absolute atomic E-state index is 0.867. The van der Waals surface area contributed by atoms with E-state index in [0.29, 0.717) is 0 Å². The van der Waals surface area contributed by atoms with Crippen LogP contribution in [0.5, 0.6) is 0 Å². The molecule has 9 rings (SSSR count). The Morgan fingerprint density at radius 2 is 0.978 bits per heavy atom. The van der Waals surface area contributed by atoms with E-state index in [-0.39, 0.29) is 0 Å². The van der Waals surface area contributed by atoms with Crippen molar-refractivity contribution in [3.8, 4) is 22.3 Å². The van der Waals surface area contributed by atoms with Gasteiger partial charge in [0.1, 0.15) is 11.2 Å². The molecule has 0 spiro atoms. The molecule has 0 amide bonds. The van der Waals surface area contributed by atoms with Crippen LogP contribution in [0.4, 0.5) is 17.1 Å². The number of anilines is 3. The number of H-pyrrole nitrogens is 1. The highest BCUT2D eigenvalue weighted by Crippen LogP contribution is 2.49. The molecule has 0 aliphatic heterocycles. The number of aromatic amines is 1. The topological polar surface area (TPSA) is 32.2 Å². The maximum absolute atomic E-state index is 6.40. The monoisotopic (exact) mass is 576 g/mol. The van der Waals surface area contributed by atoms with E-state index in [9.17, 15) is 0 Å². The number of hydrogen-bond donors (Lipinski definition) is 1. The second-order valence-corrected chi connectivity index (χ2v) is 11.4. The standard InChI is InChI=1S/C42H28N2O/c1-2-14-28(15-3-1)29-16-5-9-23-36(29)44(38-25-13-27-40-41(38)34-19-7-11-26-39(34)45-40)37-24-10-6-18-31(37)33-21-12-20-32-30-17-4-8-22-35(30)43-42(32)33/h1-27,43H. The summed E-state index contributed by atoms with van der Waals surface area (Å²) < 4.78 is 6.40. The lowest BCUT2D eigenvalue weighted by atomic mass is 9.97. The van der Waals surface area contributed by atoms with Gasteiger partial charge in [-0.05, 0) is 42.0 Å². The molecule has 0 unspecified atom stereocenters. The average Bonchev–Trinajstić information content (AvgIpc) is 3.68. The molecule has 1 N–H and O–H groups in total. The molecule has 3 nitrogen and oxygen atoms in total. The van der Waals surface area contributed by atoms with Gasteiger partial charge in [-0.3, -0.25) is 0 Å². The fourth-order valence-electron chi connectivity index (χ4n) is 6.86. The van der Waals surface area contributed by atoms with Gasteiger partial charge in [0.25, 0.3) is 0 Å². The number of furan rings is 1.